The maximum atomic E-state index is 13.7. The van der Waals surface area contributed by atoms with Crippen LogP contribution in [0.3, 0.4) is 0 Å². The lowest BCUT2D eigenvalue weighted by atomic mass is 10.0. The molecule has 0 bridgehead atoms. The summed E-state index contributed by atoms with van der Waals surface area (Å²) in [7, 11) is -3.93. The first kappa shape index (κ1) is 22.5. The van der Waals surface area contributed by atoms with E-state index >= 15 is 0 Å². The van der Waals surface area contributed by atoms with E-state index in [-0.39, 0.29) is 21.6 Å². The van der Waals surface area contributed by atoms with Crippen LogP contribution in [0.15, 0.2) is 75.9 Å². The zero-order valence-corrected chi connectivity index (χ0v) is 19.1. The molecule has 2 aliphatic rings. The molecule has 2 aromatic carbocycles. The van der Waals surface area contributed by atoms with Crippen molar-refractivity contribution in [1.29, 1.82) is 0 Å². The summed E-state index contributed by atoms with van der Waals surface area (Å²) >= 11 is 0. The third-order valence-corrected chi connectivity index (χ3v) is 7.17. The van der Waals surface area contributed by atoms with Gasteiger partial charge >= 0.3 is 0 Å². The minimum absolute atomic E-state index is 0.0836. The number of benzene rings is 2. The molecule has 2 heterocycles. The highest BCUT2D eigenvalue weighted by Gasteiger charge is 2.32. The molecular weight excluding hydrogens is 440 g/mol. The van der Waals surface area contributed by atoms with Gasteiger partial charge in [-0.1, -0.05) is 38.5 Å². The second kappa shape index (κ2) is 9.03. The number of carbonyl (C=O) groups excluding carboxylic acids is 2. The fraction of sp³-hybridized carbons (Fsp3) is 0.208. The first-order chi connectivity index (χ1) is 15.8. The molecule has 33 heavy (non-hydrogen) atoms. The Bertz CT molecular complexity index is 1320. The van der Waals surface area contributed by atoms with E-state index in [1.165, 1.54) is 18.2 Å². The molecule has 170 valence electrons. The van der Waals surface area contributed by atoms with E-state index in [1.54, 1.807) is 43.3 Å². The Hall–Kier alpha value is -3.72. The van der Waals surface area contributed by atoms with E-state index in [0.29, 0.717) is 46.8 Å². The number of amides is 2. The van der Waals surface area contributed by atoms with Crippen LogP contribution in [0.25, 0.3) is 4.91 Å². The number of rotatable bonds is 6. The molecule has 0 spiro atoms. The highest BCUT2D eigenvalue weighted by Crippen LogP contribution is 2.38. The second-order valence-corrected chi connectivity index (χ2v) is 9.56. The number of anilines is 2. The van der Waals surface area contributed by atoms with Crippen LogP contribution in [0.2, 0.25) is 0 Å². The molecule has 0 unspecified atom stereocenters. The van der Waals surface area contributed by atoms with E-state index in [2.05, 4.69) is 21.2 Å². The van der Waals surface area contributed by atoms with Crippen molar-refractivity contribution in [2.24, 2.45) is 5.10 Å². The third kappa shape index (κ3) is 4.31. The minimum Gasteiger partial charge on any atom is -0.354 e. The third-order valence-electron chi connectivity index (χ3n) is 5.36. The van der Waals surface area contributed by atoms with Gasteiger partial charge in [-0.25, -0.2) is 13.8 Å². The highest BCUT2D eigenvalue weighted by atomic mass is 32.2. The Morgan fingerprint density at radius 1 is 1.06 bits per heavy atom. The van der Waals surface area contributed by atoms with Crippen molar-refractivity contribution >= 4 is 43.6 Å². The summed E-state index contributed by atoms with van der Waals surface area (Å²) in [6.45, 7) is 3.72. The number of fused-ring (bicyclic) bond motifs is 1. The molecule has 0 saturated heterocycles. The first-order valence-corrected chi connectivity index (χ1v) is 12.2. The van der Waals surface area contributed by atoms with Crippen LogP contribution in [0, 0.1) is 0 Å². The molecule has 4 rings (SSSR count). The molecule has 0 fully saturated rings. The number of nitrogens with one attached hydrogen (secondary N) is 3. The van der Waals surface area contributed by atoms with Gasteiger partial charge in [-0.3, -0.25) is 9.59 Å². The Morgan fingerprint density at radius 3 is 2.48 bits per heavy atom. The van der Waals surface area contributed by atoms with Crippen LogP contribution in [-0.4, -0.2) is 25.9 Å². The summed E-state index contributed by atoms with van der Waals surface area (Å²) in [5.74, 6) is -0.527. The first-order valence-electron chi connectivity index (χ1n) is 10.7. The van der Waals surface area contributed by atoms with Gasteiger partial charge in [-0.2, -0.15) is 5.10 Å². The summed E-state index contributed by atoms with van der Waals surface area (Å²) < 4.78 is 27.3. The molecule has 8 nitrogen and oxygen atoms in total. The van der Waals surface area contributed by atoms with Crippen molar-refractivity contribution < 1.29 is 18.0 Å². The predicted octanol–water partition coefficient (Wildman–Crippen LogP) is 3.82. The Labute approximate surface area is 192 Å². The van der Waals surface area contributed by atoms with Crippen molar-refractivity contribution in [1.82, 2.24) is 5.43 Å². The normalized spacial score (nSPS) is 17.5. The van der Waals surface area contributed by atoms with Gasteiger partial charge in [0.05, 0.1) is 26.8 Å². The van der Waals surface area contributed by atoms with Gasteiger partial charge in [0.2, 0.25) is 15.7 Å². The number of carbonyl (C=O) groups is 2. The molecule has 0 atom stereocenters. The van der Waals surface area contributed by atoms with Crippen molar-refractivity contribution in [2.45, 2.75) is 38.0 Å². The number of nitrogens with zero attached hydrogens (tertiary/aromatic N) is 1. The van der Waals surface area contributed by atoms with Crippen molar-refractivity contribution in [3.8, 4) is 0 Å². The van der Waals surface area contributed by atoms with Crippen LogP contribution in [-0.2, 0) is 19.4 Å². The van der Waals surface area contributed by atoms with Crippen LogP contribution in [0.5, 0.6) is 0 Å². The summed E-state index contributed by atoms with van der Waals surface area (Å²) in [4.78, 5) is 24.3. The molecule has 0 aliphatic carbocycles. The lowest BCUT2D eigenvalue weighted by Crippen LogP contribution is -2.21. The average Bonchev–Trinajstić information content (AvgIpc) is 3.18. The van der Waals surface area contributed by atoms with Gasteiger partial charge in [0.25, 0.3) is 5.91 Å². The van der Waals surface area contributed by atoms with Crippen LogP contribution < -0.4 is 16.1 Å². The summed E-state index contributed by atoms with van der Waals surface area (Å²) in [6, 6.07) is 13.1. The zero-order valence-electron chi connectivity index (χ0n) is 18.3. The van der Waals surface area contributed by atoms with E-state index in [4.69, 9.17) is 0 Å². The molecule has 3 N–H and O–H groups in total. The number of allylic oxidation sites excluding steroid dienone is 1. The summed E-state index contributed by atoms with van der Waals surface area (Å²) in [5.41, 5.74) is 5.42. The molecule has 0 saturated carbocycles. The van der Waals surface area contributed by atoms with Crippen LogP contribution >= 0.6 is 0 Å². The smallest absolute Gasteiger partial charge is 0.275 e. The second-order valence-electron chi connectivity index (χ2n) is 7.65. The lowest BCUT2D eigenvalue weighted by Gasteiger charge is -2.23. The number of para-hydroxylation sites is 1. The van der Waals surface area contributed by atoms with E-state index in [1.807, 2.05) is 6.92 Å². The summed E-state index contributed by atoms with van der Waals surface area (Å²) in [5, 5.41) is 10.0. The Kier molecular flexibility index (Phi) is 6.15. The fourth-order valence-corrected chi connectivity index (χ4v) is 5.19. The number of hydrazone groups is 1. The molecule has 0 radical (unpaired) electrons. The molecular formula is C24H24N4O4S. The molecule has 0 aromatic heterocycles. The van der Waals surface area contributed by atoms with Gasteiger partial charge in [0, 0.05) is 23.4 Å². The van der Waals surface area contributed by atoms with Gasteiger partial charge in [-0.15, -0.1) is 0 Å². The van der Waals surface area contributed by atoms with Gasteiger partial charge < -0.3 is 10.6 Å². The topological polar surface area (TPSA) is 117 Å². The van der Waals surface area contributed by atoms with E-state index in [0.717, 1.165) is 6.42 Å². The lowest BCUT2D eigenvalue weighted by molar-refractivity contribution is -0.117. The maximum absolute atomic E-state index is 13.7. The maximum Gasteiger partial charge on any atom is 0.275 e. The largest absolute Gasteiger partial charge is 0.354 e. The number of hydrogen-bond donors (Lipinski definition) is 3. The van der Waals surface area contributed by atoms with E-state index < -0.39 is 9.84 Å². The quantitative estimate of drug-likeness (QED) is 0.562. The molecule has 2 aromatic rings. The highest BCUT2D eigenvalue weighted by molar-refractivity contribution is 8.00. The van der Waals surface area contributed by atoms with Crippen LogP contribution in [0.1, 0.15) is 38.7 Å². The van der Waals surface area contributed by atoms with Crippen LogP contribution in [0.4, 0.5) is 11.4 Å². The van der Waals surface area contributed by atoms with Gasteiger partial charge in [0.15, 0.2) is 0 Å². The SMILES string of the molecule is CCCC1=NNC(=O)/C1=C1/C=C(S(=O)(=O)c2ccc(NC(=O)CC)cc2)c2ccccc2N1. The summed E-state index contributed by atoms with van der Waals surface area (Å²) in [6.07, 6.45) is 3.19. The Morgan fingerprint density at radius 2 is 1.79 bits per heavy atom. The Balaban J connectivity index is 1.81. The zero-order chi connectivity index (χ0) is 23.6. The van der Waals surface area contributed by atoms with Crippen molar-refractivity contribution in [2.75, 3.05) is 10.6 Å². The van der Waals surface area contributed by atoms with Crippen molar-refractivity contribution in [3.05, 3.63) is 71.4 Å². The number of hydrogen-bond acceptors (Lipinski definition) is 6. The van der Waals surface area contributed by atoms with Gasteiger partial charge in [0.1, 0.15) is 0 Å². The number of sulfone groups is 1. The minimum atomic E-state index is -3.93. The monoisotopic (exact) mass is 464 g/mol. The molecule has 9 heteroatoms. The molecule has 2 amide bonds. The molecule has 2 aliphatic heterocycles. The standard InChI is InChI=1S/C24H24N4O4S/c1-3-7-19-23(24(30)28-27-19)20-14-21(17-8-5-6-9-18(17)26-20)33(31,32)16-12-10-15(11-13-16)25-22(29)4-2/h5-6,8-14,26H,3-4,7H2,1-2H3,(H,25,29)(H,28,30)/b23-20-. The predicted molar refractivity (Wildman–Crippen MR) is 128 cm³/mol. The van der Waals surface area contributed by atoms with Crippen molar-refractivity contribution in [3.63, 3.8) is 0 Å². The van der Waals surface area contributed by atoms with Gasteiger partial charge in [-0.05, 0) is 42.8 Å². The van der Waals surface area contributed by atoms with E-state index in [9.17, 15) is 18.0 Å². The fourth-order valence-electron chi connectivity index (χ4n) is 3.70. The average molecular weight is 465 g/mol.